The minimum atomic E-state index is -0.552. The first-order chi connectivity index (χ1) is 15.8. The topological polar surface area (TPSA) is 18.5 Å². The lowest BCUT2D eigenvalue weighted by molar-refractivity contribution is -0.440. The van der Waals surface area contributed by atoms with Gasteiger partial charge in [-0.2, -0.15) is 0 Å². The van der Waals surface area contributed by atoms with E-state index < -0.39 is 11.2 Å². The van der Waals surface area contributed by atoms with Gasteiger partial charge in [0.15, 0.2) is 0 Å². The van der Waals surface area contributed by atoms with Crippen molar-refractivity contribution in [3.63, 3.8) is 0 Å². The maximum Gasteiger partial charge on any atom is 0.108 e. The molecule has 0 aromatic heterocycles. The minimum Gasteiger partial charge on any atom is -0.229 e. The zero-order valence-electron chi connectivity index (χ0n) is 26.7. The molecule has 0 spiro atoms. The molecule has 36 heavy (non-hydrogen) atoms. The summed E-state index contributed by atoms with van der Waals surface area (Å²) in [5.41, 5.74) is 1.53. The van der Waals surface area contributed by atoms with Crippen molar-refractivity contribution in [3.8, 4) is 0 Å². The smallest absolute Gasteiger partial charge is 0.108 e. The molecule has 2 unspecified atom stereocenters. The Morgan fingerprint density at radius 3 is 1.00 bits per heavy atom. The second kappa shape index (κ2) is 9.26. The van der Waals surface area contributed by atoms with Gasteiger partial charge in [0.2, 0.25) is 0 Å². The van der Waals surface area contributed by atoms with E-state index in [1.54, 1.807) is 0 Å². The SMILES string of the molecule is CC(C)(C)C1=CC=CC(C(C)(C)C)(C(C)(C)OOC(C)(C)C2(C(C)(C)C)C=CC=C(C(C)(C)C)C2)C1. The van der Waals surface area contributed by atoms with E-state index in [0.29, 0.717) is 0 Å². The molecule has 0 N–H and O–H groups in total. The van der Waals surface area contributed by atoms with Gasteiger partial charge in [0.1, 0.15) is 11.2 Å². The Kier molecular flexibility index (Phi) is 8.00. The molecule has 2 aliphatic carbocycles. The molecular formula is C34H58O2. The van der Waals surface area contributed by atoms with Gasteiger partial charge >= 0.3 is 0 Å². The zero-order chi connectivity index (χ0) is 28.2. The summed E-state index contributed by atoms with van der Waals surface area (Å²) < 4.78 is 0. The standard InChI is InChI=1S/C34H58O2/c1-27(2,3)25-19-17-21-33(23-25,29(7,8)9)31(13,14)35-36-32(15,16)34(30(10,11)12)22-18-20-26(24-34)28(4,5)6/h17-22H,23-24H2,1-16H3. The van der Waals surface area contributed by atoms with Crippen LogP contribution in [0.5, 0.6) is 0 Å². The predicted molar refractivity (Wildman–Crippen MR) is 157 cm³/mol. The Bertz CT molecular complexity index is 848. The van der Waals surface area contributed by atoms with Crippen molar-refractivity contribution < 1.29 is 9.78 Å². The first kappa shape index (κ1) is 31.1. The Labute approximate surface area is 224 Å². The summed E-state index contributed by atoms with van der Waals surface area (Å²) in [5, 5.41) is 0. The molecule has 2 aliphatic rings. The number of hydrogen-bond acceptors (Lipinski definition) is 2. The molecule has 0 amide bonds. The Balaban J connectivity index is 2.48. The Morgan fingerprint density at radius 2 is 0.778 bits per heavy atom. The molecule has 0 heterocycles. The van der Waals surface area contributed by atoms with E-state index in [-0.39, 0.29) is 32.5 Å². The lowest BCUT2D eigenvalue weighted by Gasteiger charge is -2.57. The van der Waals surface area contributed by atoms with Crippen molar-refractivity contribution in [1.29, 1.82) is 0 Å². The van der Waals surface area contributed by atoms with E-state index in [9.17, 15) is 0 Å². The highest BCUT2D eigenvalue weighted by atomic mass is 17.2. The van der Waals surface area contributed by atoms with Crippen LogP contribution in [0.1, 0.15) is 124 Å². The first-order valence-corrected chi connectivity index (χ1v) is 14.0. The van der Waals surface area contributed by atoms with Crippen LogP contribution >= 0.6 is 0 Å². The third kappa shape index (κ3) is 5.51. The van der Waals surface area contributed by atoms with Gasteiger partial charge in [0.25, 0.3) is 0 Å². The van der Waals surface area contributed by atoms with Crippen LogP contribution in [0.25, 0.3) is 0 Å². The summed E-state index contributed by atoms with van der Waals surface area (Å²) in [6.45, 7) is 36.7. The highest BCUT2D eigenvalue weighted by Gasteiger charge is 2.58. The zero-order valence-corrected chi connectivity index (χ0v) is 26.7. The third-order valence-electron chi connectivity index (χ3n) is 9.51. The lowest BCUT2D eigenvalue weighted by Crippen LogP contribution is -2.58. The summed E-state index contributed by atoms with van der Waals surface area (Å²) >= 11 is 0. The number of rotatable bonds is 5. The van der Waals surface area contributed by atoms with Crippen LogP contribution in [0.15, 0.2) is 47.6 Å². The van der Waals surface area contributed by atoms with E-state index in [0.717, 1.165) is 12.8 Å². The maximum absolute atomic E-state index is 6.69. The fraction of sp³-hybridized carbons (Fsp3) is 0.765. The van der Waals surface area contributed by atoms with Gasteiger partial charge < -0.3 is 0 Å². The van der Waals surface area contributed by atoms with Crippen LogP contribution in [0, 0.1) is 32.5 Å². The summed E-state index contributed by atoms with van der Waals surface area (Å²) in [6.07, 6.45) is 15.7. The summed E-state index contributed by atoms with van der Waals surface area (Å²) in [5.74, 6) is 0. The van der Waals surface area contributed by atoms with E-state index in [1.807, 2.05) is 0 Å². The van der Waals surface area contributed by atoms with Gasteiger partial charge in [-0.3, -0.25) is 0 Å². The molecule has 0 aliphatic heterocycles. The van der Waals surface area contributed by atoms with Gasteiger partial charge in [-0.05, 0) is 62.2 Å². The van der Waals surface area contributed by atoms with E-state index in [2.05, 4.69) is 147 Å². The Morgan fingerprint density at radius 1 is 0.500 bits per heavy atom. The van der Waals surface area contributed by atoms with Crippen molar-refractivity contribution in [2.45, 2.75) is 135 Å². The molecule has 0 fully saturated rings. The molecule has 0 radical (unpaired) electrons. The monoisotopic (exact) mass is 498 g/mol. The van der Waals surface area contributed by atoms with Gasteiger partial charge in [0.05, 0.1) is 0 Å². The molecule has 2 atom stereocenters. The average molecular weight is 499 g/mol. The fourth-order valence-electron chi connectivity index (χ4n) is 6.54. The van der Waals surface area contributed by atoms with E-state index >= 15 is 0 Å². The van der Waals surface area contributed by atoms with Crippen LogP contribution in [0.3, 0.4) is 0 Å². The molecule has 2 heteroatoms. The molecule has 2 nitrogen and oxygen atoms in total. The summed E-state index contributed by atoms with van der Waals surface area (Å²) in [6, 6.07) is 0. The van der Waals surface area contributed by atoms with Crippen LogP contribution in [0.2, 0.25) is 0 Å². The molecule has 0 bridgehead atoms. The second-order valence-corrected chi connectivity index (χ2v) is 16.6. The van der Waals surface area contributed by atoms with Crippen molar-refractivity contribution in [1.82, 2.24) is 0 Å². The van der Waals surface area contributed by atoms with Gasteiger partial charge in [-0.15, -0.1) is 0 Å². The van der Waals surface area contributed by atoms with Crippen LogP contribution in [-0.4, -0.2) is 11.2 Å². The van der Waals surface area contributed by atoms with E-state index in [4.69, 9.17) is 9.78 Å². The molecule has 0 saturated carbocycles. The van der Waals surface area contributed by atoms with Gasteiger partial charge in [-0.25, -0.2) is 9.78 Å². The van der Waals surface area contributed by atoms with Gasteiger partial charge in [0, 0.05) is 10.8 Å². The van der Waals surface area contributed by atoms with Crippen molar-refractivity contribution in [3.05, 3.63) is 47.6 Å². The quantitative estimate of drug-likeness (QED) is 0.277. The molecule has 206 valence electrons. The predicted octanol–water partition coefficient (Wildman–Crippen LogP) is 10.4. The van der Waals surface area contributed by atoms with Gasteiger partial charge in [-0.1, -0.05) is 131 Å². The Hall–Kier alpha value is -1.12. The number of allylic oxidation sites excluding steroid dienone is 6. The average Bonchev–Trinajstić information content (AvgIpc) is 2.69. The highest BCUT2D eigenvalue weighted by molar-refractivity contribution is 5.33. The molecule has 0 aromatic carbocycles. The fourth-order valence-corrected chi connectivity index (χ4v) is 6.54. The van der Waals surface area contributed by atoms with Crippen LogP contribution < -0.4 is 0 Å². The third-order valence-corrected chi connectivity index (χ3v) is 9.51. The maximum atomic E-state index is 6.69. The van der Waals surface area contributed by atoms with Crippen molar-refractivity contribution >= 4 is 0 Å². The van der Waals surface area contributed by atoms with Crippen LogP contribution in [-0.2, 0) is 9.78 Å². The highest BCUT2D eigenvalue weighted by Crippen LogP contribution is 2.60. The second-order valence-electron chi connectivity index (χ2n) is 16.6. The largest absolute Gasteiger partial charge is 0.229 e. The minimum absolute atomic E-state index is 0.0279. The van der Waals surface area contributed by atoms with E-state index in [1.165, 1.54) is 11.1 Å². The molecule has 0 saturated heterocycles. The van der Waals surface area contributed by atoms with Crippen molar-refractivity contribution in [2.75, 3.05) is 0 Å². The molecule has 0 aromatic rings. The lowest BCUT2D eigenvalue weighted by atomic mass is 9.53. The van der Waals surface area contributed by atoms with Crippen LogP contribution in [0.4, 0.5) is 0 Å². The summed E-state index contributed by atoms with van der Waals surface area (Å²) in [7, 11) is 0. The molecular weight excluding hydrogens is 440 g/mol. The summed E-state index contributed by atoms with van der Waals surface area (Å²) in [4.78, 5) is 13.4. The molecule has 2 rings (SSSR count). The first-order valence-electron chi connectivity index (χ1n) is 14.0. The number of hydrogen-bond donors (Lipinski definition) is 0. The van der Waals surface area contributed by atoms with Crippen molar-refractivity contribution in [2.24, 2.45) is 32.5 Å². The normalized spacial score (nSPS) is 26.7.